The van der Waals surface area contributed by atoms with Crippen molar-refractivity contribution < 1.29 is 18.5 Å². The van der Waals surface area contributed by atoms with Crippen molar-refractivity contribution in [2.75, 3.05) is 7.11 Å². The highest BCUT2D eigenvalue weighted by Gasteiger charge is 2.15. The van der Waals surface area contributed by atoms with E-state index in [1.54, 1.807) is 18.2 Å². The Kier molecular flexibility index (Phi) is 4.86. The second kappa shape index (κ2) is 7.41. The molecule has 2 aromatic carbocycles. The van der Waals surface area contributed by atoms with Crippen LogP contribution < -0.4 is 4.74 Å². The summed E-state index contributed by atoms with van der Waals surface area (Å²) in [6.45, 7) is 0.294. The number of rotatable bonds is 6. The summed E-state index contributed by atoms with van der Waals surface area (Å²) in [5.41, 5.74) is 2.81. The highest BCUT2D eigenvalue weighted by molar-refractivity contribution is 6.12. The molecule has 24 heavy (non-hydrogen) atoms. The maximum atomic E-state index is 13.0. The molecule has 1 heterocycles. The average Bonchev–Trinajstić information content (AvgIpc) is 3.14. The molecular weight excluding hydrogens is 311 g/mol. The van der Waals surface area contributed by atoms with Gasteiger partial charge in [0.1, 0.15) is 43.0 Å². The number of ether oxygens (including phenoxy) is 1. The van der Waals surface area contributed by atoms with Crippen molar-refractivity contribution in [1.29, 1.82) is 0 Å². The van der Waals surface area contributed by atoms with Crippen molar-refractivity contribution in [2.45, 2.75) is 6.61 Å². The second-order valence-corrected chi connectivity index (χ2v) is 4.91. The normalized spacial score (nSPS) is 11.3. The van der Waals surface area contributed by atoms with Crippen LogP contribution in [0.15, 0.2) is 70.5 Å². The number of hydrogen-bond acceptors (Lipinski definition) is 5. The molecule has 0 fully saturated rings. The van der Waals surface area contributed by atoms with Crippen LogP contribution in [-0.4, -0.2) is 18.0 Å². The second-order valence-electron chi connectivity index (χ2n) is 4.91. The predicted octanol–water partition coefficient (Wildman–Crippen LogP) is 3.79. The first-order chi connectivity index (χ1) is 11.8. The van der Waals surface area contributed by atoms with Crippen molar-refractivity contribution >= 4 is 5.71 Å². The molecule has 3 aromatic rings. The maximum absolute atomic E-state index is 13.0. The van der Waals surface area contributed by atoms with Gasteiger partial charge in [-0.3, -0.25) is 0 Å². The molecule has 5 nitrogen and oxygen atoms in total. The van der Waals surface area contributed by atoms with Crippen molar-refractivity contribution in [3.05, 3.63) is 83.5 Å². The van der Waals surface area contributed by atoms with Crippen LogP contribution in [0, 0.1) is 5.82 Å². The third-order valence-electron chi connectivity index (χ3n) is 3.34. The largest absolute Gasteiger partial charge is 0.489 e. The zero-order valence-corrected chi connectivity index (χ0v) is 13.0. The fourth-order valence-corrected chi connectivity index (χ4v) is 2.23. The van der Waals surface area contributed by atoms with E-state index in [1.165, 1.54) is 25.5 Å². The monoisotopic (exact) mass is 326 g/mol. The van der Waals surface area contributed by atoms with Gasteiger partial charge < -0.3 is 14.1 Å². The van der Waals surface area contributed by atoms with Crippen LogP contribution in [0.5, 0.6) is 5.75 Å². The zero-order valence-electron chi connectivity index (χ0n) is 13.0. The molecule has 0 spiro atoms. The zero-order chi connectivity index (χ0) is 16.8. The first-order valence-corrected chi connectivity index (χ1v) is 7.26. The van der Waals surface area contributed by atoms with E-state index in [1.807, 2.05) is 24.3 Å². The van der Waals surface area contributed by atoms with Gasteiger partial charge in [0.2, 0.25) is 0 Å². The van der Waals surface area contributed by atoms with Gasteiger partial charge in [-0.2, -0.15) is 0 Å². The molecular formula is C18H15FN2O3. The summed E-state index contributed by atoms with van der Waals surface area (Å²) in [6, 6.07) is 15.2. The van der Waals surface area contributed by atoms with Gasteiger partial charge in [-0.05, 0) is 29.8 Å². The standard InChI is InChI=1S/C18H15FN2O3/c1-22-21-18(17-10-11-24-20-17)16-5-3-2-4-13(16)12-23-15-8-6-14(19)7-9-15/h2-11H,12H2,1H3/b21-18-. The van der Waals surface area contributed by atoms with Gasteiger partial charge in [-0.15, -0.1) is 0 Å². The van der Waals surface area contributed by atoms with Gasteiger partial charge in [-0.25, -0.2) is 4.39 Å². The van der Waals surface area contributed by atoms with Crippen LogP contribution in [0.4, 0.5) is 4.39 Å². The summed E-state index contributed by atoms with van der Waals surface area (Å²) in [5.74, 6) is 0.279. The molecule has 0 atom stereocenters. The minimum atomic E-state index is -0.303. The summed E-state index contributed by atoms with van der Waals surface area (Å²) in [7, 11) is 1.47. The van der Waals surface area contributed by atoms with E-state index in [2.05, 4.69) is 10.3 Å². The Morgan fingerprint density at radius 3 is 2.62 bits per heavy atom. The van der Waals surface area contributed by atoms with Crippen molar-refractivity contribution in [2.24, 2.45) is 5.16 Å². The molecule has 0 N–H and O–H groups in total. The van der Waals surface area contributed by atoms with E-state index < -0.39 is 0 Å². The average molecular weight is 326 g/mol. The molecule has 3 rings (SSSR count). The summed E-state index contributed by atoms with van der Waals surface area (Å²) in [6.07, 6.45) is 1.47. The quantitative estimate of drug-likeness (QED) is 0.511. The Morgan fingerprint density at radius 1 is 1.12 bits per heavy atom. The summed E-state index contributed by atoms with van der Waals surface area (Å²) < 4.78 is 23.6. The van der Waals surface area contributed by atoms with Crippen LogP contribution >= 0.6 is 0 Å². The summed E-state index contributed by atoms with van der Waals surface area (Å²) >= 11 is 0. The van der Waals surface area contributed by atoms with E-state index in [4.69, 9.17) is 14.1 Å². The van der Waals surface area contributed by atoms with Gasteiger partial charge in [0, 0.05) is 11.6 Å². The van der Waals surface area contributed by atoms with Gasteiger partial charge in [0.15, 0.2) is 0 Å². The molecule has 0 saturated heterocycles. The smallest absolute Gasteiger partial charge is 0.139 e. The van der Waals surface area contributed by atoms with Crippen LogP contribution in [-0.2, 0) is 11.4 Å². The maximum Gasteiger partial charge on any atom is 0.139 e. The number of benzene rings is 2. The summed E-state index contributed by atoms with van der Waals surface area (Å²) in [5, 5.41) is 7.97. The van der Waals surface area contributed by atoms with E-state index >= 15 is 0 Å². The minimum absolute atomic E-state index is 0.294. The summed E-state index contributed by atoms with van der Waals surface area (Å²) in [4.78, 5) is 4.94. The fraction of sp³-hybridized carbons (Fsp3) is 0.111. The third-order valence-corrected chi connectivity index (χ3v) is 3.34. The highest BCUT2D eigenvalue weighted by atomic mass is 19.1. The van der Waals surface area contributed by atoms with Gasteiger partial charge >= 0.3 is 0 Å². The van der Waals surface area contributed by atoms with E-state index in [0.717, 1.165) is 11.1 Å². The molecule has 0 unspecified atom stereocenters. The van der Waals surface area contributed by atoms with Gasteiger partial charge in [0.05, 0.1) is 0 Å². The topological polar surface area (TPSA) is 56.9 Å². The van der Waals surface area contributed by atoms with E-state index in [0.29, 0.717) is 23.8 Å². The molecule has 0 saturated carbocycles. The Labute approximate surface area is 138 Å². The van der Waals surface area contributed by atoms with E-state index in [-0.39, 0.29) is 5.82 Å². The predicted molar refractivity (Wildman–Crippen MR) is 86.3 cm³/mol. The Morgan fingerprint density at radius 2 is 1.92 bits per heavy atom. The number of hydrogen-bond donors (Lipinski definition) is 0. The molecule has 0 aliphatic carbocycles. The lowest BCUT2D eigenvalue weighted by molar-refractivity contribution is 0.213. The van der Waals surface area contributed by atoms with Crippen LogP contribution in [0.3, 0.4) is 0 Å². The molecule has 1 aromatic heterocycles. The molecule has 0 radical (unpaired) electrons. The Balaban J connectivity index is 1.87. The lowest BCUT2D eigenvalue weighted by Crippen LogP contribution is -2.10. The SMILES string of the molecule is CO/N=C(\c1ccon1)c1ccccc1COc1ccc(F)cc1. The number of halogens is 1. The van der Waals surface area contributed by atoms with Crippen molar-refractivity contribution in [1.82, 2.24) is 5.16 Å². The molecule has 0 amide bonds. The van der Waals surface area contributed by atoms with Gasteiger partial charge in [0.25, 0.3) is 0 Å². The lowest BCUT2D eigenvalue weighted by atomic mass is 10.0. The van der Waals surface area contributed by atoms with Crippen LogP contribution in [0.25, 0.3) is 0 Å². The third kappa shape index (κ3) is 3.60. The van der Waals surface area contributed by atoms with Crippen LogP contribution in [0.1, 0.15) is 16.8 Å². The fourth-order valence-electron chi connectivity index (χ4n) is 2.23. The van der Waals surface area contributed by atoms with Crippen molar-refractivity contribution in [3.8, 4) is 5.75 Å². The highest BCUT2D eigenvalue weighted by Crippen LogP contribution is 2.18. The van der Waals surface area contributed by atoms with Crippen LogP contribution in [0.2, 0.25) is 0 Å². The molecule has 0 bridgehead atoms. The van der Waals surface area contributed by atoms with Crippen molar-refractivity contribution in [3.63, 3.8) is 0 Å². The van der Waals surface area contributed by atoms with E-state index in [9.17, 15) is 4.39 Å². The lowest BCUT2D eigenvalue weighted by Gasteiger charge is -2.11. The molecule has 122 valence electrons. The van der Waals surface area contributed by atoms with Gasteiger partial charge in [-0.1, -0.05) is 34.6 Å². The first kappa shape index (κ1) is 15.7. The molecule has 6 heteroatoms. The Bertz CT molecular complexity index is 815. The first-order valence-electron chi connectivity index (χ1n) is 7.26. The number of nitrogens with zero attached hydrogens (tertiary/aromatic N) is 2. The number of oxime groups is 1. The molecule has 0 aliphatic heterocycles. The molecule has 0 aliphatic rings. The number of aromatic nitrogens is 1. The minimum Gasteiger partial charge on any atom is -0.489 e. The Hall–Kier alpha value is -3.15.